The van der Waals surface area contributed by atoms with Crippen LogP contribution in [0.3, 0.4) is 0 Å². The van der Waals surface area contributed by atoms with Gasteiger partial charge in [-0.1, -0.05) is 280 Å². The number of aliphatic hydroxyl groups is 8. The van der Waals surface area contributed by atoms with Gasteiger partial charge < -0.3 is 65.1 Å². The van der Waals surface area contributed by atoms with Crippen LogP contribution in [0.5, 0.6) is 0 Å². The molecule has 2 fully saturated rings. The topological polar surface area (TPSA) is 228 Å². The highest BCUT2D eigenvalue weighted by Gasteiger charge is 2.51. The van der Waals surface area contributed by atoms with E-state index < -0.39 is 86.8 Å². The SMILES string of the molecule is CC/C=C\C/C=C\C/C=C\C/C=C\C/C=C\CCCCCCCCCCCCCCCC(=O)NC(COC1OC(CO)C(OC2OC(CO)C(O)C(O)C2O)C(O)C1O)C(O)CCCCCCCCCCCCCCCCCCCCCCC. The summed E-state index contributed by atoms with van der Waals surface area (Å²) in [7, 11) is 0. The fourth-order valence-corrected chi connectivity index (χ4v) is 11.3. The number of ether oxygens (including phenoxy) is 4. The van der Waals surface area contributed by atoms with Crippen molar-refractivity contribution in [2.24, 2.45) is 0 Å². The maximum atomic E-state index is 13.3. The minimum atomic E-state index is -1.78. The third-order valence-electron chi connectivity index (χ3n) is 16.7. The van der Waals surface area contributed by atoms with E-state index in [4.69, 9.17) is 18.9 Å². The number of nitrogens with one attached hydrogen (secondary N) is 1. The van der Waals surface area contributed by atoms with E-state index in [1.807, 2.05) is 0 Å². The van der Waals surface area contributed by atoms with E-state index in [1.165, 1.54) is 173 Å². The minimum absolute atomic E-state index is 0.206. The molecule has 0 aromatic heterocycles. The Morgan fingerprint density at radius 2 is 0.821 bits per heavy atom. The molecule has 84 heavy (non-hydrogen) atoms. The average molecular weight is 1190 g/mol. The number of amides is 1. The summed E-state index contributed by atoms with van der Waals surface area (Å²) in [6.45, 7) is 2.78. The molecule has 2 rings (SSSR count). The molecule has 0 saturated carbocycles. The third-order valence-corrected chi connectivity index (χ3v) is 16.7. The molecule has 2 aliphatic heterocycles. The van der Waals surface area contributed by atoms with Gasteiger partial charge in [-0.2, -0.15) is 0 Å². The van der Waals surface area contributed by atoms with Crippen molar-refractivity contribution < 1.29 is 64.6 Å². The van der Waals surface area contributed by atoms with Gasteiger partial charge in [0.05, 0.1) is 32.0 Å². The second-order valence-electron chi connectivity index (χ2n) is 24.3. The summed E-state index contributed by atoms with van der Waals surface area (Å²) in [5.41, 5.74) is 0. The van der Waals surface area contributed by atoms with E-state index in [0.29, 0.717) is 12.8 Å². The number of allylic oxidation sites excluding steroid dienone is 10. The molecule has 12 unspecified atom stereocenters. The van der Waals surface area contributed by atoms with Gasteiger partial charge in [0.25, 0.3) is 0 Å². The van der Waals surface area contributed by atoms with Crippen LogP contribution in [0, 0.1) is 0 Å². The summed E-state index contributed by atoms with van der Waals surface area (Å²) < 4.78 is 22.9. The van der Waals surface area contributed by atoms with Gasteiger partial charge in [-0.25, -0.2) is 0 Å². The summed E-state index contributed by atoms with van der Waals surface area (Å²) >= 11 is 0. The van der Waals surface area contributed by atoms with E-state index in [-0.39, 0.29) is 12.5 Å². The summed E-state index contributed by atoms with van der Waals surface area (Å²) in [4.78, 5) is 13.3. The number of carbonyl (C=O) groups excluding carboxylic acids is 1. The van der Waals surface area contributed by atoms with E-state index >= 15 is 0 Å². The molecule has 0 aliphatic carbocycles. The molecule has 9 N–H and O–H groups in total. The zero-order valence-electron chi connectivity index (χ0n) is 53.1. The van der Waals surface area contributed by atoms with Crippen molar-refractivity contribution in [3.05, 3.63) is 60.8 Å². The van der Waals surface area contributed by atoms with Crippen molar-refractivity contribution in [2.75, 3.05) is 19.8 Å². The molecule has 2 aliphatic rings. The van der Waals surface area contributed by atoms with Crippen molar-refractivity contribution in [3.8, 4) is 0 Å². The van der Waals surface area contributed by atoms with Crippen molar-refractivity contribution in [3.63, 3.8) is 0 Å². The van der Waals surface area contributed by atoms with Gasteiger partial charge in [0.15, 0.2) is 12.6 Å². The summed E-state index contributed by atoms with van der Waals surface area (Å²) in [5.74, 6) is -0.206. The lowest BCUT2D eigenvalue weighted by Gasteiger charge is -2.46. The lowest BCUT2D eigenvalue weighted by Crippen LogP contribution is -2.65. The van der Waals surface area contributed by atoms with Crippen LogP contribution < -0.4 is 5.32 Å². The van der Waals surface area contributed by atoms with Gasteiger partial charge in [-0.3, -0.25) is 4.79 Å². The molecule has 14 nitrogen and oxygen atoms in total. The maximum absolute atomic E-state index is 13.3. The van der Waals surface area contributed by atoms with Crippen LogP contribution >= 0.6 is 0 Å². The average Bonchev–Trinajstić information content (AvgIpc) is 3.24. The van der Waals surface area contributed by atoms with Crippen LogP contribution in [0.2, 0.25) is 0 Å². The van der Waals surface area contributed by atoms with Crippen molar-refractivity contribution in [1.82, 2.24) is 5.32 Å². The molecule has 2 saturated heterocycles. The van der Waals surface area contributed by atoms with Crippen LogP contribution in [-0.2, 0) is 23.7 Å². The lowest BCUT2D eigenvalue weighted by atomic mass is 9.97. The Morgan fingerprint density at radius 3 is 1.26 bits per heavy atom. The first-order valence-corrected chi connectivity index (χ1v) is 34.5. The summed E-state index contributed by atoms with van der Waals surface area (Å²) in [6.07, 6.45) is 55.1. The summed E-state index contributed by atoms with van der Waals surface area (Å²) in [6, 6.07) is -0.833. The van der Waals surface area contributed by atoms with Crippen molar-refractivity contribution in [2.45, 2.75) is 357 Å². The molecule has 490 valence electrons. The molecule has 0 aromatic rings. The first kappa shape index (κ1) is 77.8. The molecule has 0 bridgehead atoms. The van der Waals surface area contributed by atoms with Gasteiger partial charge in [0.2, 0.25) is 5.91 Å². The zero-order valence-corrected chi connectivity index (χ0v) is 53.1. The van der Waals surface area contributed by atoms with Crippen molar-refractivity contribution >= 4 is 5.91 Å². The van der Waals surface area contributed by atoms with Gasteiger partial charge in [0.1, 0.15) is 48.8 Å². The Kier molecular flexibility index (Phi) is 50.8. The highest BCUT2D eigenvalue weighted by molar-refractivity contribution is 5.76. The lowest BCUT2D eigenvalue weighted by molar-refractivity contribution is -0.359. The predicted molar refractivity (Wildman–Crippen MR) is 341 cm³/mol. The summed E-state index contributed by atoms with van der Waals surface area (Å²) in [5, 5.41) is 87.6. The molecular weight excluding hydrogens is 1060 g/mol. The van der Waals surface area contributed by atoms with E-state index in [2.05, 4.69) is 79.9 Å². The number of carbonyl (C=O) groups is 1. The predicted octanol–water partition coefficient (Wildman–Crippen LogP) is 13.7. The van der Waals surface area contributed by atoms with E-state index in [1.54, 1.807) is 0 Å². The second kappa shape index (κ2) is 54.8. The van der Waals surface area contributed by atoms with Crippen LogP contribution in [0.15, 0.2) is 60.8 Å². The Bertz CT molecular complexity index is 1640. The monoisotopic (exact) mass is 1190 g/mol. The number of aliphatic hydroxyl groups excluding tert-OH is 8. The third kappa shape index (κ3) is 38.9. The zero-order chi connectivity index (χ0) is 60.9. The first-order chi connectivity index (χ1) is 41.1. The number of hydrogen-bond donors (Lipinski definition) is 9. The molecule has 2 heterocycles. The molecule has 12 atom stereocenters. The van der Waals surface area contributed by atoms with Gasteiger partial charge in [0, 0.05) is 6.42 Å². The van der Waals surface area contributed by atoms with Crippen LogP contribution in [0.4, 0.5) is 0 Å². The standard InChI is InChI=1S/C70H127NO13/c1-3-5-7-9-11-13-15-17-19-21-23-25-26-27-28-29-30-31-32-34-36-38-40-42-44-46-48-50-52-54-62(75)71-58(59(74)53-51-49-47-45-43-41-39-37-35-33-24-22-20-18-16-14-12-10-8-6-4-2)57-81-69-67(80)65(78)68(61(56-73)83-69)84-70-66(79)64(77)63(76)60(55-72)82-70/h5,7,11,13,17,19,23,25,27-28,58-61,63-70,72-74,76-80H,3-4,6,8-10,12,14-16,18,20-22,24,26,29-57H2,1-2H3,(H,71,75)/b7-5-,13-11-,19-17-,25-23-,28-27-. The molecular formula is C70H127NO13. The molecule has 0 aromatic carbocycles. The van der Waals surface area contributed by atoms with E-state index in [9.17, 15) is 45.6 Å². The Hall–Kier alpha value is -2.31. The maximum Gasteiger partial charge on any atom is 0.220 e. The van der Waals surface area contributed by atoms with Crippen LogP contribution in [0.1, 0.15) is 284 Å². The number of hydrogen-bond acceptors (Lipinski definition) is 13. The Balaban J connectivity index is 1.67. The highest BCUT2D eigenvalue weighted by Crippen LogP contribution is 2.30. The largest absolute Gasteiger partial charge is 0.394 e. The Morgan fingerprint density at radius 1 is 0.440 bits per heavy atom. The number of unbranched alkanes of at least 4 members (excludes halogenated alkanes) is 33. The molecule has 1 amide bonds. The molecule has 0 radical (unpaired) electrons. The van der Waals surface area contributed by atoms with Gasteiger partial charge in [-0.15, -0.1) is 0 Å². The second-order valence-corrected chi connectivity index (χ2v) is 24.3. The van der Waals surface area contributed by atoms with Gasteiger partial charge in [-0.05, 0) is 57.8 Å². The molecule has 14 heteroatoms. The highest BCUT2D eigenvalue weighted by atomic mass is 16.7. The number of rotatable bonds is 56. The fraction of sp³-hybridized carbons (Fsp3) is 0.843. The Labute approximate surface area is 511 Å². The van der Waals surface area contributed by atoms with Gasteiger partial charge >= 0.3 is 0 Å². The van der Waals surface area contributed by atoms with Crippen molar-refractivity contribution in [1.29, 1.82) is 0 Å². The smallest absolute Gasteiger partial charge is 0.220 e. The minimum Gasteiger partial charge on any atom is -0.394 e. The quantitative estimate of drug-likeness (QED) is 0.0204. The van der Waals surface area contributed by atoms with Crippen LogP contribution in [0.25, 0.3) is 0 Å². The normalized spacial score (nSPS) is 24.0. The fourth-order valence-electron chi connectivity index (χ4n) is 11.3. The molecule has 0 spiro atoms. The van der Waals surface area contributed by atoms with Crippen LogP contribution in [-0.4, -0.2) is 140 Å². The first-order valence-electron chi connectivity index (χ1n) is 34.5. The van der Waals surface area contributed by atoms with E-state index in [0.717, 1.165) is 83.5 Å².